The summed E-state index contributed by atoms with van der Waals surface area (Å²) in [6.45, 7) is 6.70. The molecule has 454 valence electrons. The Kier molecular flexibility index (Phi) is 64.6. The van der Waals surface area contributed by atoms with E-state index < -0.39 is 6.10 Å². The van der Waals surface area contributed by atoms with Gasteiger partial charge in [0.05, 0.1) is 0 Å². The van der Waals surface area contributed by atoms with Crippen LogP contribution in [-0.2, 0) is 28.6 Å². The maximum absolute atomic E-state index is 12.9. The van der Waals surface area contributed by atoms with Crippen LogP contribution in [0.25, 0.3) is 0 Å². The first-order valence-corrected chi connectivity index (χ1v) is 34.8. The Hall–Kier alpha value is -2.11. The molecule has 0 aliphatic heterocycles. The Morgan fingerprint density at radius 3 is 0.714 bits per heavy atom. The molecule has 0 radical (unpaired) electrons. The Labute approximate surface area is 481 Å². The maximum Gasteiger partial charge on any atom is 0.306 e. The molecule has 0 aromatic heterocycles. The van der Waals surface area contributed by atoms with Crippen LogP contribution in [0.15, 0.2) is 24.3 Å². The smallest absolute Gasteiger partial charge is 0.306 e. The van der Waals surface area contributed by atoms with Crippen molar-refractivity contribution < 1.29 is 28.6 Å². The molecule has 0 saturated heterocycles. The van der Waals surface area contributed by atoms with Gasteiger partial charge in [0.1, 0.15) is 13.2 Å². The largest absolute Gasteiger partial charge is 0.462 e. The van der Waals surface area contributed by atoms with Crippen LogP contribution >= 0.6 is 0 Å². The van der Waals surface area contributed by atoms with Crippen LogP contribution in [0, 0.1) is 0 Å². The van der Waals surface area contributed by atoms with E-state index in [9.17, 15) is 14.4 Å². The Morgan fingerprint density at radius 1 is 0.260 bits per heavy atom. The van der Waals surface area contributed by atoms with Gasteiger partial charge in [-0.15, -0.1) is 0 Å². The van der Waals surface area contributed by atoms with Crippen molar-refractivity contribution in [2.75, 3.05) is 13.2 Å². The first-order valence-electron chi connectivity index (χ1n) is 34.8. The third kappa shape index (κ3) is 64.6. The molecular weight excluding hydrogens is 949 g/mol. The van der Waals surface area contributed by atoms with Crippen molar-refractivity contribution in [3.63, 3.8) is 0 Å². The highest BCUT2D eigenvalue weighted by Crippen LogP contribution is 2.19. The van der Waals surface area contributed by atoms with E-state index in [1.165, 1.54) is 289 Å². The lowest BCUT2D eigenvalue weighted by Gasteiger charge is -2.18. The second-order valence-electron chi connectivity index (χ2n) is 23.8. The first kappa shape index (κ1) is 74.9. The molecule has 0 aromatic rings. The lowest BCUT2D eigenvalue weighted by molar-refractivity contribution is -0.167. The molecule has 0 spiro atoms. The van der Waals surface area contributed by atoms with Gasteiger partial charge in [-0.25, -0.2) is 0 Å². The zero-order chi connectivity index (χ0) is 55.7. The second-order valence-corrected chi connectivity index (χ2v) is 23.8. The number of hydrogen-bond donors (Lipinski definition) is 0. The van der Waals surface area contributed by atoms with Gasteiger partial charge in [0.15, 0.2) is 6.10 Å². The van der Waals surface area contributed by atoms with Crippen molar-refractivity contribution in [1.82, 2.24) is 0 Å². The van der Waals surface area contributed by atoms with Gasteiger partial charge < -0.3 is 14.2 Å². The number of carbonyl (C=O) groups excluding carboxylic acids is 3. The minimum absolute atomic E-state index is 0.0642. The first-order chi connectivity index (χ1) is 38.0. The molecule has 0 rings (SSSR count). The molecule has 77 heavy (non-hydrogen) atoms. The van der Waals surface area contributed by atoms with E-state index in [-0.39, 0.29) is 31.1 Å². The van der Waals surface area contributed by atoms with E-state index in [1.807, 2.05) is 0 Å². The third-order valence-electron chi connectivity index (χ3n) is 16.0. The molecule has 0 aliphatic carbocycles. The summed E-state index contributed by atoms with van der Waals surface area (Å²) in [5, 5.41) is 0. The number of unbranched alkanes of at least 4 members (excludes halogenated alkanes) is 50. The van der Waals surface area contributed by atoms with Crippen molar-refractivity contribution in [2.24, 2.45) is 0 Å². The number of ether oxygens (including phenoxy) is 3. The van der Waals surface area contributed by atoms with Crippen LogP contribution in [0.1, 0.15) is 393 Å². The quantitative estimate of drug-likeness (QED) is 0.0261. The van der Waals surface area contributed by atoms with Crippen LogP contribution < -0.4 is 0 Å². The zero-order valence-corrected chi connectivity index (χ0v) is 52.3. The lowest BCUT2D eigenvalue weighted by atomic mass is 10.0. The normalized spacial score (nSPS) is 12.1. The Bertz CT molecular complexity index is 1240. The van der Waals surface area contributed by atoms with Crippen LogP contribution in [0.4, 0.5) is 0 Å². The minimum Gasteiger partial charge on any atom is -0.462 e. The third-order valence-corrected chi connectivity index (χ3v) is 16.0. The van der Waals surface area contributed by atoms with E-state index in [2.05, 4.69) is 45.1 Å². The van der Waals surface area contributed by atoms with Crippen molar-refractivity contribution in [2.45, 2.75) is 399 Å². The molecule has 1 atom stereocenters. The van der Waals surface area contributed by atoms with E-state index in [4.69, 9.17) is 14.2 Å². The predicted molar refractivity (Wildman–Crippen MR) is 335 cm³/mol. The average Bonchev–Trinajstić information content (AvgIpc) is 3.43. The zero-order valence-electron chi connectivity index (χ0n) is 52.3. The number of allylic oxidation sites excluding steroid dienone is 4. The van der Waals surface area contributed by atoms with E-state index in [0.717, 1.165) is 64.2 Å². The molecule has 0 saturated carbocycles. The SMILES string of the molecule is CCCCCCC/C=C\C/C=C\CCCCCCCCCCCCCCCCCC(=O)OCC(COC(=O)CCCCCCCCCCCC)OC(=O)CCCCCCCCCCCCCCCCCCCCCCCC. The highest BCUT2D eigenvalue weighted by atomic mass is 16.6. The fourth-order valence-corrected chi connectivity index (χ4v) is 10.7. The van der Waals surface area contributed by atoms with Crippen LogP contribution in [-0.4, -0.2) is 37.2 Å². The highest BCUT2D eigenvalue weighted by molar-refractivity contribution is 5.71. The van der Waals surface area contributed by atoms with Crippen LogP contribution in [0.2, 0.25) is 0 Å². The average molecular weight is 1080 g/mol. The molecule has 0 amide bonds. The summed E-state index contributed by atoms with van der Waals surface area (Å²) in [5.74, 6) is -0.835. The van der Waals surface area contributed by atoms with Crippen molar-refractivity contribution in [1.29, 1.82) is 0 Å². The van der Waals surface area contributed by atoms with Crippen molar-refractivity contribution in [3.8, 4) is 0 Å². The lowest BCUT2D eigenvalue weighted by Crippen LogP contribution is -2.30. The standard InChI is InChI=1S/C71H134O6/c1-4-7-10-13-16-19-22-24-26-28-30-32-34-35-36-37-38-40-41-43-45-47-49-52-55-58-61-64-70(73)76-67-68(66-75-69(72)63-60-57-54-51-21-18-15-12-9-6-3)77-71(74)65-62-59-56-53-50-48-46-44-42-39-33-31-29-27-25-23-20-17-14-11-8-5-2/h22,24,28,30,68H,4-21,23,25-27,29,31-67H2,1-3H3/b24-22-,30-28-. The molecule has 0 N–H and O–H groups in total. The summed E-state index contributed by atoms with van der Waals surface area (Å²) >= 11 is 0. The number of carbonyl (C=O) groups is 3. The Balaban J connectivity index is 4.13. The Morgan fingerprint density at radius 2 is 0.468 bits per heavy atom. The monoisotopic (exact) mass is 1080 g/mol. The highest BCUT2D eigenvalue weighted by Gasteiger charge is 2.19. The molecular formula is C71H134O6. The molecule has 0 aromatic carbocycles. The van der Waals surface area contributed by atoms with E-state index >= 15 is 0 Å². The van der Waals surface area contributed by atoms with Gasteiger partial charge >= 0.3 is 17.9 Å². The van der Waals surface area contributed by atoms with Gasteiger partial charge in [0.25, 0.3) is 0 Å². The fourth-order valence-electron chi connectivity index (χ4n) is 10.7. The van der Waals surface area contributed by atoms with Gasteiger partial charge in [-0.3, -0.25) is 14.4 Å². The van der Waals surface area contributed by atoms with E-state index in [0.29, 0.717) is 19.3 Å². The van der Waals surface area contributed by atoms with E-state index in [1.54, 1.807) is 0 Å². The summed E-state index contributed by atoms with van der Waals surface area (Å²) in [7, 11) is 0. The predicted octanol–water partition coefficient (Wildman–Crippen LogP) is 23.8. The number of hydrogen-bond acceptors (Lipinski definition) is 6. The summed E-state index contributed by atoms with van der Waals surface area (Å²) in [6.07, 6.45) is 80.7. The topological polar surface area (TPSA) is 78.9 Å². The summed E-state index contributed by atoms with van der Waals surface area (Å²) < 4.78 is 17.0. The molecule has 6 nitrogen and oxygen atoms in total. The second kappa shape index (κ2) is 66.4. The minimum atomic E-state index is -0.766. The van der Waals surface area contributed by atoms with Crippen molar-refractivity contribution >= 4 is 17.9 Å². The van der Waals surface area contributed by atoms with Gasteiger partial charge in [-0.05, 0) is 51.4 Å². The maximum atomic E-state index is 12.9. The summed E-state index contributed by atoms with van der Waals surface area (Å²) in [5.41, 5.74) is 0. The van der Waals surface area contributed by atoms with Gasteiger partial charge in [-0.2, -0.15) is 0 Å². The fraction of sp³-hybridized carbons (Fsp3) is 0.901. The van der Waals surface area contributed by atoms with Gasteiger partial charge in [-0.1, -0.05) is 347 Å². The summed E-state index contributed by atoms with van der Waals surface area (Å²) in [6, 6.07) is 0. The van der Waals surface area contributed by atoms with Gasteiger partial charge in [0.2, 0.25) is 0 Å². The molecule has 6 heteroatoms. The number of rotatable bonds is 65. The summed E-state index contributed by atoms with van der Waals surface area (Å²) in [4.78, 5) is 38.3. The van der Waals surface area contributed by atoms with Gasteiger partial charge in [0, 0.05) is 19.3 Å². The molecule has 0 heterocycles. The molecule has 0 fully saturated rings. The molecule has 0 bridgehead atoms. The van der Waals surface area contributed by atoms with Crippen LogP contribution in [0.3, 0.4) is 0 Å². The molecule has 1 unspecified atom stereocenters. The van der Waals surface area contributed by atoms with Crippen molar-refractivity contribution in [3.05, 3.63) is 24.3 Å². The number of esters is 3. The molecule has 0 aliphatic rings. The van der Waals surface area contributed by atoms with Crippen LogP contribution in [0.5, 0.6) is 0 Å².